The van der Waals surface area contributed by atoms with Crippen molar-refractivity contribution >= 4 is 23.7 Å². The average molecular weight is 749 g/mol. The van der Waals surface area contributed by atoms with Gasteiger partial charge in [-0.05, 0) is 6.92 Å². The van der Waals surface area contributed by atoms with Gasteiger partial charge in [0, 0.05) is 14.2 Å². The van der Waals surface area contributed by atoms with Gasteiger partial charge in [-0.3, -0.25) is 4.79 Å². The fraction of sp³-hybridized carbons (Fsp3) is 0.852. The number of carbonyl (C=O) groups excluding carboxylic acids is 1. The lowest BCUT2D eigenvalue weighted by atomic mass is 9.94. The molecular weight excluding hydrogens is 708 g/mol. The molecule has 0 saturated carbocycles. The molecule has 4 aliphatic heterocycles. The van der Waals surface area contributed by atoms with Gasteiger partial charge in [0.15, 0.2) is 49.3 Å². The van der Waals surface area contributed by atoms with Crippen LogP contribution in [0.2, 0.25) is 0 Å². The highest BCUT2D eigenvalue weighted by molar-refractivity contribution is 5.81. The van der Waals surface area contributed by atoms with Crippen LogP contribution >= 0.6 is 0 Å². The van der Waals surface area contributed by atoms with E-state index in [2.05, 4.69) is 0 Å². The summed E-state index contributed by atoms with van der Waals surface area (Å²) in [7, 11) is 2.07. The zero-order chi connectivity index (χ0) is 38.2. The van der Waals surface area contributed by atoms with E-state index in [-0.39, 0.29) is 0 Å². The van der Waals surface area contributed by atoms with E-state index in [9.17, 15) is 75.3 Å². The Morgan fingerprint density at radius 3 is 1.00 bits per heavy atom. The maximum atomic E-state index is 12.6. The Balaban J connectivity index is 1.51. The number of carboxylic acids is 3. The summed E-state index contributed by atoms with van der Waals surface area (Å²) in [5.74, 6) is -6.20. The third-order valence-corrected chi connectivity index (χ3v) is 8.69. The van der Waals surface area contributed by atoms with Crippen molar-refractivity contribution in [2.45, 2.75) is 130 Å². The van der Waals surface area contributed by atoms with Crippen LogP contribution in [-0.4, -0.2) is 217 Å². The van der Waals surface area contributed by atoms with Crippen LogP contribution in [0.4, 0.5) is 0 Å². The molecule has 4 aliphatic rings. The standard InChI is InChI=1S/C27H40O24/c1-4(28)13-15(7(31)11(35)25(45-13)47-16-6(30)9(33)24(44-3)49-19(16)22(39)40)46-27-12(36)8(32)17(20(51-27)23(41)42)48-26-10(34)5(29)14(43-2)18(50-26)21(37)38/h5-20,24-27,29-36H,1-3H3,(H,37,38)(H,39,40)(H,41,42)/t5-,6?,7+,8?,9?,10?,11?,12?,13?,14-,15-,16-,17-,18?,19+,20?,24+,25-,26+,27+/m0/s1. The maximum Gasteiger partial charge on any atom is 0.335 e. The average Bonchev–Trinajstić information content (AvgIpc) is 3.07. The molecule has 0 aliphatic carbocycles. The van der Waals surface area contributed by atoms with Crippen molar-refractivity contribution in [3.63, 3.8) is 0 Å². The number of ether oxygens (including phenoxy) is 9. The van der Waals surface area contributed by atoms with E-state index in [0.717, 1.165) is 21.1 Å². The van der Waals surface area contributed by atoms with Gasteiger partial charge in [-0.25, -0.2) is 14.4 Å². The lowest BCUT2D eigenvalue weighted by molar-refractivity contribution is -0.377. The Kier molecular flexibility index (Phi) is 13.4. The van der Waals surface area contributed by atoms with Crippen LogP contribution in [0.25, 0.3) is 0 Å². The predicted octanol–water partition coefficient (Wildman–Crippen LogP) is -7.57. The molecule has 292 valence electrons. The van der Waals surface area contributed by atoms with Crippen LogP contribution in [0.3, 0.4) is 0 Å². The summed E-state index contributed by atoms with van der Waals surface area (Å²) >= 11 is 0. The lowest BCUT2D eigenvalue weighted by Crippen LogP contribution is -2.68. The molecule has 0 aromatic heterocycles. The van der Waals surface area contributed by atoms with Crippen molar-refractivity contribution in [2.24, 2.45) is 0 Å². The second kappa shape index (κ2) is 16.6. The van der Waals surface area contributed by atoms with Crippen LogP contribution in [0, 0.1) is 0 Å². The molecule has 4 heterocycles. The summed E-state index contributed by atoms with van der Waals surface area (Å²) < 4.78 is 46.8. The summed E-state index contributed by atoms with van der Waals surface area (Å²) in [6, 6.07) is 0. The maximum absolute atomic E-state index is 12.6. The molecule has 0 spiro atoms. The fourth-order valence-electron chi connectivity index (χ4n) is 5.99. The summed E-state index contributed by atoms with van der Waals surface area (Å²) in [4.78, 5) is 48.3. The summed E-state index contributed by atoms with van der Waals surface area (Å²) in [5, 5.41) is 114. The minimum Gasteiger partial charge on any atom is -0.479 e. The quantitative estimate of drug-likeness (QED) is 0.0882. The van der Waals surface area contributed by atoms with Gasteiger partial charge in [-0.15, -0.1) is 0 Å². The first-order valence-corrected chi connectivity index (χ1v) is 15.1. The molecule has 9 unspecified atom stereocenters. The summed E-state index contributed by atoms with van der Waals surface area (Å²) in [6.07, 6.45) is -41.1. The third kappa shape index (κ3) is 8.16. The van der Waals surface area contributed by atoms with E-state index in [1.807, 2.05) is 0 Å². The number of aliphatic hydroxyl groups is 8. The Bertz CT molecular complexity index is 1250. The van der Waals surface area contributed by atoms with Crippen LogP contribution in [0.5, 0.6) is 0 Å². The monoisotopic (exact) mass is 748 g/mol. The Hall–Kier alpha value is -2.60. The SMILES string of the molecule is CO[C@@H]1O[C@@H](C(=O)O)[C@@H](O[C@@H]2OC(C(C)=O)[C@@H](O[C@@H]3OC(C(=O)O)[C@@H](O[C@@H]4OC(C(=O)O)[C@@H](OC)[C@@H](O)C4O)C(O)C3O)[C@H](O)C2O)C(O)C1O. The van der Waals surface area contributed by atoms with Gasteiger partial charge in [-0.2, -0.15) is 0 Å². The first-order chi connectivity index (χ1) is 23.9. The van der Waals surface area contributed by atoms with E-state index in [4.69, 9.17) is 42.6 Å². The number of ketones is 1. The Labute approximate surface area is 286 Å². The van der Waals surface area contributed by atoms with E-state index < -0.39 is 147 Å². The molecule has 0 radical (unpaired) electrons. The first kappa shape index (κ1) is 41.2. The van der Waals surface area contributed by atoms with E-state index in [1.165, 1.54) is 0 Å². The fourth-order valence-corrected chi connectivity index (χ4v) is 5.99. The van der Waals surface area contributed by atoms with Crippen LogP contribution in [-0.2, 0) is 61.8 Å². The topological polar surface area (TPSA) is 374 Å². The summed E-state index contributed by atoms with van der Waals surface area (Å²) in [6.45, 7) is 0.910. The molecule has 0 aromatic rings. The van der Waals surface area contributed by atoms with E-state index >= 15 is 0 Å². The molecule has 0 bridgehead atoms. The van der Waals surface area contributed by atoms with Gasteiger partial charge >= 0.3 is 17.9 Å². The molecule has 24 heteroatoms. The largest absolute Gasteiger partial charge is 0.479 e. The van der Waals surface area contributed by atoms with Gasteiger partial charge in [-0.1, -0.05) is 0 Å². The molecule has 0 amide bonds. The van der Waals surface area contributed by atoms with Crippen molar-refractivity contribution in [1.82, 2.24) is 0 Å². The second-order valence-corrected chi connectivity index (χ2v) is 12.0. The lowest BCUT2D eigenvalue weighted by Gasteiger charge is -2.48. The number of hydrogen-bond donors (Lipinski definition) is 11. The van der Waals surface area contributed by atoms with Crippen LogP contribution < -0.4 is 0 Å². The number of carbonyl (C=O) groups is 4. The number of aliphatic hydroxyl groups excluding tert-OH is 8. The van der Waals surface area contributed by atoms with Gasteiger partial charge in [0.1, 0.15) is 79.4 Å². The van der Waals surface area contributed by atoms with Crippen molar-refractivity contribution in [1.29, 1.82) is 0 Å². The number of Topliss-reactive ketones (excluding diaryl/α,β-unsaturated/α-hetero) is 1. The number of aliphatic carboxylic acids is 3. The van der Waals surface area contributed by atoms with Crippen LogP contribution in [0.1, 0.15) is 6.92 Å². The molecule has 4 rings (SSSR count). The van der Waals surface area contributed by atoms with Gasteiger partial charge in [0.25, 0.3) is 0 Å². The third-order valence-electron chi connectivity index (χ3n) is 8.69. The minimum atomic E-state index is -2.32. The van der Waals surface area contributed by atoms with Gasteiger partial charge in [0.05, 0.1) is 0 Å². The number of carboxylic acid groups (broad SMARTS) is 3. The number of hydrogen-bond acceptors (Lipinski definition) is 21. The number of methoxy groups -OCH3 is 2. The minimum absolute atomic E-state index is 0.910. The molecule has 20 atom stereocenters. The Morgan fingerprint density at radius 2 is 0.686 bits per heavy atom. The Morgan fingerprint density at radius 1 is 0.412 bits per heavy atom. The highest BCUT2D eigenvalue weighted by Gasteiger charge is 2.58. The zero-order valence-electron chi connectivity index (χ0n) is 26.8. The van der Waals surface area contributed by atoms with Crippen molar-refractivity contribution in [3.8, 4) is 0 Å². The first-order valence-electron chi connectivity index (χ1n) is 15.1. The van der Waals surface area contributed by atoms with Crippen molar-refractivity contribution < 1.29 is 118 Å². The van der Waals surface area contributed by atoms with E-state index in [0.29, 0.717) is 0 Å². The molecule has 51 heavy (non-hydrogen) atoms. The smallest absolute Gasteiger partial charge is 0.335 e. The molecule has 0 aromatic carbocycles. The van der Waals surface area contributed by atoms with Gasteiger partial charge < -0.3 is 98.8 Å². The molecular formula is C27H40O24. The van der Waals surface area contributed by atoms with Crippen LogP contribution in [0.15, 0.2) is 0 Å². The zero-order valence-corrected chi connectivity index (χ0v) is 26.8. The highest BCUT2D eigenvalue weighted by atomic mass is 16.8. The molecule has 11 N–H and O–H groups in total. The van der Waals surface area contributed by atoms with E-state index in [1.54, 1.807) is 0 Å². The summed E-state index contributed by atoms with van der Waals surface area (Å²) in [5.41, 5.74) is 0. The highest BCUT2D eigenvalue weighted by Crippen LogP contribution is 2.35. The second-order valence-electron chi connectivity index (χ2n) is 12.0. The molecule has 4 fully saturated rings. The number of rotatable bonds is 12. The molecule has 24 nitrogen and oxygen atoms in total. The van der Waals surface area contributed by atoms with Crippen molar-refractivity contribution in [3.05, 3.63) is 0 Å². The van der Waals surface area contributed by atoms with Gasteiger partial charge in [0.2, 0.25) is 0 Å². The molecule has 4 saturated heterocycles. The normalized spacial score (nSPS) is 47.7. The van der Waals surface area contributed by atoms with Crippen molar-refractivity contribution in [2.75, 3.05) is 14.2 Å². The predicted molar refractivity (Wildman–Crippen MR) is 149 cm³/mol.